The second-order valence-electron chi connectivity index (χ2n) is 4.61. The Labute approximate surface area is 117 Å². The zero-order valence-electron chi connectivity index (χ0n) is 11.8. The molecule has 0 aliphatic rings. The Morgan fingerprint density at radius 2 is 2.11 bits per heavy atom. The molecule has 0 spiro atoms. The van der Waals surface area contributed by atoms with Crippen LogP contribution in [-0.4, -0.2) is 32.6 Å². The third kappa shape index (κ3) is 3.83. The van der Waals surface area contributed by atoms with Crippen LogP contribution in [0.4, 0.5) is 0 Å². The summed E-state index contributed by atoms with van der Waals surface area (Å²) in [6.45, 7) is 5.60. The van der Waals surface area contributed by atoms with E-state index in [9.17, 15) is 9.59 Å². The van der Waals surface area contributed by atoms with Gasteiger partial charge in [-0.15, -0.1) is 0 Å². The Morgan fingerprint density at radius 3 is 2.63 bits per heavy atom. The predicted octanol–water partition coefficient (Wildman–Crippen LogP) is 1.80. The lowest BCUT2D eigenvalue weighted by Gasteiger charge is -2.20. The predicted molar refractivity (Wildman–Crippen MR) is 77.0 cm³/mol. The lowest BCUT2D eigenvalue weighted by Crippen LogP contribution is -2.31. The van der Waals surface area contributed by atoms with Gasteiger partial charge in [0.25, 0.3) is 0 Å². The Morgan fingerprint density at radius 1 is 1.47 bits per heavy atom. The molecule has 0 aromatic carbocycles. The number of carboxylic acids is 1. The average molecular weight is 284 g/mol. The molecule has 1 unspecified atom stereocenters. The van der Waals surface area contributed by atoms with E-state index in [1.54, 1.807) is 23.3 Å². The van der Waals surface area contributed by atoms with Gasteiger partial charge < -0.3 is 5.11 Å². The number of rotatable bonds is 6. The van der Waals surface area contributed by atoms with Crippen LogP contribution in [0.1, 0.15) is 36.3 Å². The molecule has 0 radical (unpaired) electrons. The monoisotopic (exact) mass is 284 g/mol. The number of carbonyl (C=O) groups is 1. The van der Waals surface area contributed by atoms with Crippen LogP contribution in [0.3, 0.4) is 0 Å². The summed E-state index contributed by atoms with van der Waals surface area (Å²) in [6, 6.07) is 0.0548. The van der Waals surface area contributed by atoms with Crippen molar-refractivity contribution < 1.29 is 9.90 Å². The lowest BCUT2D eigenvalue weighted by molar-refractivity contribution is -0.136. The van der Waals surface area contributed by atoms with Gasteiger partial charge in [-0.3, -0.25) is 9.36 Å². The van der Waals surface area contributed by atoms with Crippen LogP contribution in [0.2, 0.25) is 0 Å². The zero-order chi connectivity index (χ0) is 14.6. The number of aryl methyl sites for hydroxylation is 1. The molecule has 0 amide bonds. The van der Waals surface area contributed by atoms with Gasteiger partial charge in [-0.1, -0.05) is 0 Å². The molecule has 0 bridgehead atoms. The van der Waals surface area contributed by atoms with Crippen LogP contribution in [0.15, 0.2) is 4.79 Å². The fourth-order valence-corrected chi connectivity index (χ4v) is 2.88. The largest absolute Gasteiger partial charge is 0.481 e. The first-order chi connectivity index (χ1) is 8.88. The summed E-state index contributed by atoms with van der Waals surface area (Å²) in [5.74, 6) is -0.0159. The number of hydrogen-bond donors (Lipinski definition) is 1. The average Bonchev–Trinajstić information content (AvgIpc) is 2.27. The minimum Gasteiger partial charge on any atom is -0.481 e. The number of hydrogen-bond acceptors (Lipinski definition) is 4. The van der Waals surface area contributed by atoms with Gasteiger partial charge in [0.05, 0.1) is 0 Å². The van der Waals surface area contributed by atoms with Gasteiger partial charge in [0.1, 0.15) is 0 Å². The van der Waals surface area contributed by atoms with E-state index in [-0.39, 0.29) is 18.2 Å². The molecule has 19 heavy (non-hydrogen) atoms. The van der Waals surface area contributed by atoms with Crippen molar-refractivity contribution >= 4 is 17.7 Å². The smallest absolute Gasteiger partial charge is 0.348 e. The van der Waals surface area contributed by atoms with Crippen molar-refractivity contribution in [3.63, 3.8) is 0 Å². The van der Waals surface area contributed by atoms with Crippen molar-refractivity contribution in [3.8, 4) is 0 Å². The maximum Gasteiger partial charge on any atom is 0.348 e. The number of thioether (sulfide) groups is 1. The van der Waals surface area contributed by atoms with Crippen molar-refractivity contribution in [2.45, 2.75) is 39.7 Å². The van der Waals surface area contributed by atoms with E-state index in [0.29, 0.717) is 12.1 Å². The van der Waals surface area contributed by atoms with Crippen molar-refractivity contribution in [3.05, 3.63) is 27.4 Å². The van der Waals surface area contributed by atoms with Crippen LogP contribution in [0.25, 0.3) is 0 Å². The maximum absolute atomic E-state index is 12.0. The standard InChI is InChI=1S/C13H20N2O3S/c1-8(7-19-4)15-10(3)11(5-6-12(16)17)9(2)14-13(15)18/h8H,5-7H2,1-4H3,(H,16,17). The first-order valence-corrected chi connectivity index (χ1v) is 7.57. The molecule has 1 N–H and O–H groups in total. The summed E-state index contributed by atoms with van der Waals surface area (Å²) in [4.78, 5) is 26.7. The van der Waals surface area contributed by atoms with Crippen molar-refractivity contribution in [2.75, 3.05) is 12.0 Å². The Balaban J connectivity index is 3.22. The van der Waals surface area contributed by atoms with Gasteiger partial charge in [-0.05, 0) is 39.0 Å². The first-order valence-electron chi connectivity index (χ1n) is 6.17. The molecule has 1 aromatic heterocycles. The van der Waals surface area contributed by atoms with E-state index < -0.39 is 5.97 Å². The van der Waals surface area contributed by atoms with Gasteiger partial charge >= 0.3 is 11.7 Å². The zero-order valence-corrected chi connectivity index (χ0v) is 12.6. The van der Waals surface area contributed by atoms with E-state index in [1.165, 1.54) is 0 Å². The first kappa shape index (κ1) is 15.8. The van der Waals surface area contributed by atoms with Gasteiger partial charge in [0.15, 0.2) is 0 Å². The summed E-state index contributed by atoms with van der Waals surface area (Å²) in [5.41, 5.74) is 2.09. The molecule has 1 rings (SSSR count). The lowest BCUT2D eigenvalue weighted by atomic mass is 10.1. The molecule has 0 saturated carbocycles. The quantitative estimate of drug-likeness (QED) is 0.862. The molecule has 0 aliphatic heterocycles. The molecule has 1 aromatic rings. The van der Waals surface area contributed by atoms with Gasteiger partial charge in [-0.25, -0.2) is 4.79 Å². The molecule has 1 atom stereocenters. The summed E-state index contributed by atoms with van der Waals surface area (Å²) in [5, 5.41) is 8.78. The highest BCUT2D eigenvalue weighted by atomic mass is 32.2. The van der Waals surface area contributed by atoms with Crippen LogP contribution in [-0.2, 0) is 11.2 Å². The Bertz CT molecular complexity index is 525. The van der Waals surface area contributed by atoms with Crippen LogP contribution in [0, 0.1) is 13.8 Å². The Hall–Kier alpha value is -1.30. The summed E-state index contributed by atoms with van der Waals surface area (Å²) >= 11 is 1.67. The highest BCUT2D eigenvalue weighted by Crippen LogP contribution is 2.17. The third-order valence-corrected chi connectivity index (χ3v) is 3.96. The number of aromatic nitrogens is 2. The normalized spacial score (nSPS) is 12.4. The second kappa shape index (κ2) is 6.75. The molecule has 106 valence electrons. The molecule has 1 heterocycles. The van der Waals surface area contributed by atoms with Gasteiger partial charge in [-0.2, -0.15) is 16.7 Å². The van der Waals surface area contributed by atoms with Crippen LogP contribution >= 0.6 is 11.8 Å². The van der Waals surface area contributed by atoms with E-state index in [4.69, 9.17) is 5.11 Å². The fourth-order valence-electron chi connectivity index (χ4n) is 2.24. The van der Waals surface area contributed by atoms with Crippen molar-refractivity contribution in [1.29, 1.82) is 0 Å². The number of carboxylic acid groups (broad SMARTS) is 1. The van der Waals surface area contributed by atoms with Gasteiger partial charge in [0, 0.05) is 29.6 Å². The Kier molecular flexibility index (Phi) is 5.60. The van der Waals surface area contributed by atoms with Gasteiger partial charge in [0.2, 0.25) is 0 Å². The fraction of sp³-hybridized carbons (Fsp3) is 0.615. The minimum absolute atomic E-state index is 0.0540. The molecule has 5 nitrogen and oxygen atoms in total. The topological polar surface area (TPSA) is 72.2 Å². The van der Waals surface area contributed by atoms with E-state index >= 15 is 0 Å². The summed E-state index contributed by atoms with van der Waals surface area (Å²) in [6.07, 6.45) is 2.45. The second-order valence-corrected chi connectivity index (χ2v) is 5.52. The summed E-state index contributed by atoms with van der Waals surface area (Å²) in [7, 11) is 0. The van der Waals surface area contributed by atoms with Crippen molar-refractivity contribution in [2.24, 2.45) is 0 Å². The minimum atomic E-state index is -0.839. The summed E-state index contributed by atoms with van der Waals surface area (Å²) < 4.78 is 1.67. The molecule has 0 aliphatic carbocycles. The molecule has 6 heteroatoms. The maximum atomic E-state index is 12.0. The van der Waals surface area contributed by atoms with Crippen LogP contribution < -0.4 is 5.69 Å². The molecule has 0 saturated heterocycles. The van der Waals surface area contributed by atoms with E-state index in [2.05, 4.69) is 4.98 Å². The van der Waals surface area contributed by atoms with E-state index in [0.717, 1.165) is 17.0 Å². The number of nitrogens with zero attached hydrogens (tertiary/aromatic N) is 2. The number of aliphatic carboxylic acids is 1. The highest BCUT2D eigenvalue weighted by Gasteiger charge is 2.16. The SMILES string of the molecule is CSCC(C)n1c(C)c(CCC(=O)O)c(C)nc1=O. The highest BCUT2D eigenvalue weighted by molar-refractivity contribution is 7.98. The van der Waals surface area contributed by atoms with Crippen LogP contribution in [0.5, 0.6) is 0 Å². The van der Waals surface area contributed by atoms with Crippen molar-refractivity contribution in [1.82, 2.24) is 9.55 Å². The molecular weight excluding hydrogens is 264 g/mol. The molecular formula is C13H20N2O3S. The van der Waals surface area contributed by atoms with E-state index in [1.807, 2.05) is 20.1 Å². The molecule has 0 fully saturated rings. The third-order valence-electron chi connectivity index (χ3n) is 3.14.